The van der Waals surface area contributed by atoms with Crippen molar-refractivity contribution in [1.29, 1.82) is 0 Å². The quantitative estimate of drug-likeness (QED) is 0.571. The molecular weight excluding hydrogens is 399 g/mol. The molecule has 3 N–H and O–H groups in total. The average Bonchev–Trinajstić information content (AvgIpc) is 2.70. The molecule has 0 aliphatic heterocycles. The van der Waals surface area contributed by atoms with Crippen molar-refractivity contribution in [2.24, 2.45) is 0 Å². The van der Waals surface area contributed by atoms with Gasteiger partial charge in [0.05, 0.1) is 10.5 Å². The van der Waals surface area contributed by atoms with E-state index in [0.717, 1.165) is 12.1 Å². The van der Waals surface area contributed by atoms with Gasteiger partial charge in [-0.25, -0.2) is 17.6 Å². The summed E-state index contributed by atoms with van der Waals surface area (Å²) < 4.78 is 40.4. The minimum absolute atomic E-state index is 0.00243. The number of rotatable bonds is 6. The van der Waals surface area contributed by atoms with Crippen LogP contribution in [0.2, 0.25) is 0 Å². The van der Waals surface area contributed by atoms with E-state index in [1.165, 1.54) is 60.7 Å². The molecule has 0 atom stereocenters. The van der Waals surface area contributed by atoms with Gasteiger partial charge < -0.3 is 10.4 Å². The van der Waals surface area contributed by atoms with Gasteiger partial charge in [-0.15, -0.1) is 0 Å². The van der Waals surface area contributed by atoms with Gasteiger partial charge in [0.25, 0.3) is 15.9 Å². The average molecular weight is 414 g/mol. The van der Waals surface area contributed by atoms with Crippen molar-refractivity contribution in [3.8, 4) is 0 Å². The Morgan fingerprint density at radius 3 is 2.17 bits per heavy atom. The summed E-state index contributed by atoms with van der Waals surface area (Å²) in [6.45, 7) is 0. The molecule has 148 valence electrons. The van der Waals surface area contributed by atoms with Gasteiger partial charge in [-0.1, -0.05) is 12.1 Å². The number of amides is 1. The molecule has 7 nitrogen and oxygen atoms in total. The van der Waals surface area contributed by atoms with Crippen LogP contribution in [0.4, 0.5) is 15.8 Å². The number of anilines is 2. The number of aromatic carboxylic acids is 1. The van der Waals surface area contributed by atoms with Crippen LogP contribution in [0.15, 0.2) is 77.7 Å². The number of carbonyl (C=O) groups excluding carboxylic acids is 1. The van der Waals surface area contributed by atoms with Crippen molar-refractivity contribution >= 4 is 33.3 Å². The summed E-state index contributed by atoms with van der Waals surface area (Å²) >= 11 is 0. The normalized spacial score (nSPS) is 10.9. The van der Waals surface area contributed by atoms with E-state index in [-0.39, 0.29) is 27.4 Å². The molecule has 0 fully saturated rings. The fourth-order valence-electron chi connectivity index (χ4n) is 2.47. The number of carboxylic acid groups (broad SMARTS) is 1. The largest absolute Gasteiger partial charge is 0.478 e. The molecule has 3 aromatic rings. The summed E-state index contributed by atoms with van der Waals surface area (Å²) in [6, 6.07) is 15.8. The van der Waals surface area contributed by atoms with Gasteiger partial charge in [0.2, 0.25) is 0 Å². The second-order valence-corrected chi connectivity index (χ2v) is 7.66. The first-order chi connectivity index (χ1) is 13.7. The van der Waals surface area contributed by atoms with E-state index in [2.05, 4.69) is 10.0 Å². The maximum Gasteiger partial charge on any atom is 0.335 e. The minimum atomic E-state index is -4.00. The highest BCUT2D eigenvalue weighted by Crippen LogP contribution is 2.19. The molecular formula is C20H15FN2O5S. The van der Waals surface area contributed by atoms with Gasteiger partial charge >= 0.3 is 5.97 Å². The molecule has 0 heterocycles. The molecule has 29 heavy (non-hydrogen) atoms. The lowest BCUT2D eigenvalue weighted by molar-refractivity contribution is 0.0696. The number of nitrogens with one attached hydrogen (secondary N) is 2. The van der Waals surface area contributed by atoms with E-state index >= 15 is 0 Å². The van der Waals surface area contributed by atoms with Gasteiger partial charge in [0.1, 0.15) is 5.82 Å². The Bertz CT molecular complexity index is 1180. The third-order valence-corrected chi connectivity index (χ3v) is 5.25. The lowest BCUT2D eigenvalue weighted by Gasteiger charge is -2.10. The van der Waals surface area contributed by atoms with Crippen molar-refractivity contribution in [2.75, 3.05) is 10.0 Å². The van der Waals surface area contributed by atoms with Crippen LogP contribution in [0.5, 0.6) is 0 Å². The zero-order valence-electron chi connectivity index (χ0n) is 14.8. The predicted octanol–water partition coefficient (Wildman–Crippen LogP) is 3.58. The Morgan fingerprint density at radius 1 is 0.828 bits per heavy atom. The van der Waals surface area contributed by atoms with Gasteiger partial charge in [-0.3, -0.25) is 9.52 Å². The summed E-state index contributed by atoms with van der Waals surface area (Å²) in [7, 11) is -4.00. The number of carbonyl (C=O) groups is 2. The topological polar surface area (TPSA) is 113 Å². The van der Waals surface area contributed by atoms with E-state index in [9.17, 15) is 22.4 Å². The van der Waals surface area contributed by atoms with Crippen molar-refractivity contribution < 1.29 is 27.5 Å². The molecule has 0 radical (unpaired) electrons. The summed E-state index contributed by atoms with van der Waals surface area (Å²) in [5.74, 6) is -2.24. The third kappa shape index (κ3) is 4.96. The molecule has 1 amide bonds. The van der Waals surface area contributed by atoms with Crippen molar-refractivity contribution in [2.45, 2.75) is 4.90 Å². The number of sulfonamides is 1. The summed E-state index contributed by atoms with van der Waals surface area (Å²) in [5, 5.41) is 11.5. The summed E-state index contributed by atoms with van der Waals surface area (Å²) in [4.78, 5) is 23.3. The number of halogens is 1. The highest BCUT2D eigenvalue weighted by atomic mass is 32.2. The Morgan fingerprint density at radius 2 is 1.48 bits per heavy atom. The van der Waals surface area contributed by atoms with Crippen molar-refractivity contribution in [3.05, 3.63) is 89.7 Å². The lowest BCUT2D eigenvalue weighted by Crippen LogP contribution is -2.16. The first-order valence-corrected chi connectivity index (χ1v) is 9.76. The monoisotopic (exact) mass is 414 g/mol. The molecule has 9 heteroatoms. The molecule has 3 aromatic carbocycles. The molecule has 0 aliphatic rings. The van der Waals surface area contributed by atoms with E-state index in [0.29, 0.717) is 0 Å². The fraction of sp³-hybridized carbons (Fsp3) is 0. The minimum Gasteiger partial charge on any atom is -0.478 e. The van der Waals surface area contributed by atoms with Crippen LogP contribution in [-0.2, 0) is 10.0 Å². The first-order valence-electron chi connectivity index (χ1n) is 8.28. The van der Waals surface area contributed by atoms with Gasteiger partial charge in [0.15, 0.2) is 0 Å². The molecule has 0 aromatic heterocycles. The van der Waals surface area contributed by atoms with Crippen LogP contribution in [0, 0.1) is 5.82 Å². The van der Waals surface area contributed by atoms with E-state index in [4.69, 9.17) is 5.11 Å². The molecule has 0 spiro atoms. The summed E-state index contributed by atoms with van der Waals surface area (Å²) in [6.07, 6.45) is 0. The van der Waals surface area contributed by atoms with Crippen LogP contribution < -0.4 is 10.0 Å². The number of carboxylic acids is 1. The maximum atomic E-state index is 13.0. The van der Waals surface area contributed by atoms with Crippen molar-refractivity contribution in [1.82, 2.24) is 0 Å². The Balaban J connectivity index is 1.81. The van der Waals surface area contributed by atoms with Crippen LogP contribution >= 0.6 is 0 Å². The Labute approximate surface area is 165 Å². The zero-order valence-corrected chi connectivity index (χ0v) is 15.6. The first kappa shape index (κ1) is 20.0. The predicted molar refractivity (Wildman–Crippen MR) is 105 cm³/mol. The van der Waals surface area contributed by atoms with E-state index < -0.39 is 27.7 Å². The fourth-order valence-corrected chi connectivity index (χ4v) is 3.57. The second kappa shape index (κ2) is 8.11. The zero-order chi connectivity index (χ0) is 21.0. The van der Waals surface area contributed by atoms with Crippen molar-refractivity contribution in [3.63, 3.8) is 0 Å². The maximum absolute atomic E-state index is 13.0. The van der Waals surface area contributed by atoms with Crippen LogP contribution in [0.3, 0.4) is 0 Å². The standard InChI is InChI=1S/C20H15FN2O5S/c21-15-7-9-16(10-8-15)23-29(27,28)18-6-2-3-13(12-18)19(24)22-17-5-1-4-14(11-17)20(25)26/h1-12,23H,(H,22,24)(H,25,26). The number of hydrogen-bond donors (Lipinski definition) is 3. The lowest BCUT2D eigenvalue weighted by atomic mass is 10.2. The van der Waals surface area contributed by atoms with Gasteiger partial charge in [-0.05, 0) is 60.7 Å². The molecule has 0 bridgehead atoms. The van der Waals surface area contributed by atoms with E-state index in [1.54, 1.807) is 0 Å². The summed E-state index contributed by atoms with van der Waals surface area (Å²) in [5.41, 5.74) is 0.495. The second-order valence-electron chi connectivity index (χ2n) is 5.98. The highest BCUT2D eigenvalue weighted by molar-refractivity contribution is 7.92. The van der Waals surface area contributed by atoms with Gasteiger partial charge in [0, 0.05) is 16.9 Å². The van der Waals surface area contributed by atoms with Crippen LogP contribution in [0.1, 0.15) is 20.7 Å². The number of hydrogen-bond acceptors (Lipinski definition) is 4. The van der Waals surface area contributed by atoms with E-state index in [1.807, 2.05) is 0 Å². The Kier molecular flexibility index (Phi) is 5.60. The number of benzene rings is 3. The Hall–Kier alpha value is -3.72. The third-order valence-electron chi connectivity index (χ3n) is 3.87. The molecule has 3 rings (SSSR count). The van der Waals surface area contributed by atoms with Gasteiger partial charge in [-0.2, -0.15) is 0 Å². The molecule has 0 saturated heterocycles. The van der Waals surface area contributed by atoms with Crippen LogP contribution in [-0.4, -0.2) is 25.4 Å². The molecule has 0 aliphatic carbocycles. The highest BCUT2D eigenvalue weighted by Gasteiger charge is 2.17. The molecule has 0 unspecified atom stereocenters. The SMILES string of the molecule is O=C(O)c1cccc(NC(=O)c2cccc(S(=O)(=O)Nc3ccc(F)cc3)c2)c1. The van der Waals surface area contributed by atoms with Crippen LogP contribution in [0.25, 0.3) is 0 Å². The smallest absolute Gasteiger partial charge is 0.335 e. The molecule has 0 saturated carbocycles.